The summed E-state index contributed by atoms with van der Waals surface area (Å²) in [6, 6.07) is 0. The van der Waals surface area contributed by atoms with Gasteiger partial charge in [-0.2, -0.15) is 11.8 Å². The van der Waals surface area contributed by atoms with Crippen molar-refractivity contribution in [2.45, 2.75) is 19.1 Å². The second kappa shape index (κ2) is 10.4. The van der Waals surface area contributed by atoms with E-state index in [1.807, 2.05) is 21.0 Å². The summed E-state index contributed by atoms with van der Waals surface area (Å²) >= 11 is 1.75. The van der Waals surface area contributed by atoms with Crippen LogP contribution in [0.1, 0.15) is 6.92 Å². The van der Waals surface area contributed by atoms with Gasteiger partial charge in [-0.05, 0) is 21.0 Å². The fourth-order valence-electron chi connectivity index (χ4n) is 1.07. The fourth-order valence-corrected chi connectivity index (χ4v) is 2.10. The van der Waals surface area contributed by atoms with E-state index >= 15 is 0 Å². The van der Waals surface area contributed by atoms with Crippen molar-refractivity contribution < 1.29 is 14.6 Å². The van der Waals surface area contributed by atoms with Crippen molar-refractivity contribution in [3.63, 3.8) is 0 Å². The number of rotatable bonds is 10. The molecule has 98 valence electrons. The number of hydrogen-bond donors (Lipinski definition) is 1. The van der Waals surface area contributed by atoms with Crippen molar-refractivity contribution in [1.82, 2.24) is 4.90 Å². The average Bonchev–Trinajstić information content (AvgIpc) is 2.22. The molecular weight excluding hydrogens is 226 g/mol. The third kappa shape index (κ3) is 10.7. The highest BCUT2D eigenvalue weighted by Gasteiger charge is 2.08. The molecule has 0 aliphatic carbocycles. The molecule has 0 aliphatic rings. The van der Waals surface area contributed by atoms with Gasteiger partial charge in [0.05, 0.1) is 25.4 Å². The van der Waals surface area contributed by atoms with Gasteiger partial charge in [0, 0.05) is 25.2 Å². The van der Waals surface area contributed by atoms with E-state index in [2.05, 4.69) is 4.90 Å². The molecule has 0 aromatic rings. The van der Waals surface area contributed by atoms with Gasteiger partial charge < -0.3 is 19.5 Å². The minimum absolute atomic E-state index is 0.0476. The van der Waals surface area contributed by atoms with Crippen molar-refractivity contribution >= 4 is 11.8 Å². The molecule has 0 amide bonds. The Kier molecular flexibility index (Phi) is 10.5. The van der Waals surface area contributed by atoms with Crippen LogP contribution in [0.3, 0.4) is 0 Å². The van der Waals surface area contributed by atoms with Crippen molar-refractivity contribution in [2.75, 3.05) is 52.5 Å². The summed E-state index contributed by atoms with van der Waals surface area (Å²) in [7, 11) is 5.74. The molecule has 0 bridgehead atoms. The predicted molar refractivity (Wildman–Crippen MR) is 69.2 cm³/mol. The number of aliphatic hydroxyl groups excluding tert-OH is 1. The third-order valence-electron chi connectivity index (χ3n) is 1.97. The van der Waals surface area contributed by atoms with Crippen molar-refractivity contribution in [2.24, 2.45) is 0 Å². The molecule has 0 saturated carbocycles. The fraction of sp³-hybridized carbons (Fsp3) is 1.00. The van der Waals surface area contributed by atoms with Crippen LogP contribution in [0.2, 0.25) is 0 Å². The molecule has 0 heterocycles. The van der Waals surface area contributed by atoms with E-state index in [9.17, 15) is 5.11 Å². The lowest BCUT2D eigenvalue weighted by molar-refractivity contribution is -0.0257. The minimum atomic E-state index is -0.383. The average molecular weight is 251 g/mol. The van der Waals surface area contributed by atoms with Crippen LogP contribution in [0.4, 0.5) is 0 Å². The molecular formula is C11H25NO3S. The molecule has 0 aliphatic heterocycles. The Balaban J connectivity index is 3.33. The molecule has 0 aromatic heterocycles. The molecule has 1 N–H and O–H groups in total. The number of methoxy groups -OCH3 is 1. The molecule has 4 nitrogen and oxygen atoms in total. The standard InChI is InChI=1S/C11H25NO3S/c1-10(7-14-4)15-8-11(13)9-16-6-5-12(2)3/h10-11,13H,5-9H2,1-4H3. The van der Waals surface area contributed by atoms with Gasteiger partial charge in [0.25, 0.3) is 0 Å². The second-order valence-corrected chi connectivity index (χ2v) is 5.28. The molecule has 0 rings (SSSR count). The largest absolute Gasteiger partial charge is 0.390 e. The predicted octanol–water partition coefficient (Wildman–Crippen LogP) is 0.694. The topological polar surface area (TPSA) is 41.9 Å². The molecule has 2 atom stereocenters. The van der Waals surface area contributed by atoms with Gasteiger partial charge in [0.2, 0.25) is 0 Å². The lowest BCUT2D eigenvalue weighted by Gasteiger charge is -2.16. The number of aliphatic hydroxyl groups is 1. The van der Waals surface area contributed by atoms with Gasteiger partial charge in [-0.1, -0.05) is 0 Å². The zero-order chi connectivity index (χ0) is 12.4. The normalized spacial score (nSPS) is 15.4. The Morgan fingerprint density at radius 1 is 1.31 bits per heavy atom. The van der Waals surface area contributed by atoms with E-state index in [-0.39, 0.29) is 12.2 Å². The van der Waals surface area contributed by atoms with Crippen LogP contribution in [0.25, 0.3) is 0 Å². The zero-order valence-electron chi connectivity index (χ0n) is 10.8. The summed E-state index contributed by atoms with van der Waals surface area (Å²) in [5, 5.41) is 9.63. The smallest absolute Gasteiger partial charge is 0.0863 e. The highest BCUT2D eigenvalue weighted by Crippen LogP contribution is 2.04. The Bertz CT molecular complexity index is 158. The molecule has 0 fully saturated rings. The Morgan fingerprint density at radius 2 is 2.00 bits per heavy atom. The number of ether oxygens (including phenoxy) is 2. The SMILES string of the molecule is COCC(C)OCC(O)CSCCN(C)C. The van der Waals surface area contributed by atoms with Crippen LogP contribution in [-0.4, -0.2) is 74.7 Å². The molecule has 0 aromatic carbocycles. The summed E-state index contributed by atoms with van der Waals surface area (Å²) < 4.78 is 10.4. The zero-order valence-corrected chi connectivity index (χ0v) is 11.6. The molecule has 0 radical (unpaired) electrons. The van der Waals surface area contributed by atoms with E-state index < -0.39 is 0 Å². The maximum atomic E-state index is 9.63. The van der Waals surface area contributed by atoms with E-state index in [0.29, 0.717) is 13.2 Å². The van der Waals surface area contributed by atoms with Gasteiger partial charge in [-0.3, -0.25) is 0 Å². The summed E-state index contributed by atoms with van der Waals surface area (Å²) in [6.07, 6.45) is -0.335. The first kappa shape index (κ1) is 16.2. The Hall–Kier alpha value is 0.190. The second-order valence-electron chi connectivity index (χ2n) is 4.13. The Labute approximate surface area is 103 Å². The third-order valence-corrected chi connectivity index (χ3v) is 3.06. The first-order valence-electron chi connectivity index (χ1n) is 5.57. The van der Waals surface area contributed by atoms with Crippen LogP contribution < -0.4 is 0 Å². The summed E-state index contributed by atoms with van der Waals surface area (Å²) in [6.45, 7) is 3.94. The van der Waals surface area contributed by atoms with Gasteiger partial charge >= 0.3 is 0 Å². The quantitative estimate of drug-likeness (QED) is 0.579. The molecule has 16 heavy (non-hydrogen) atoms. The van der Waals surface area contributed by atoms with Crippen LogP contribution in [0.5, 0.6) is 0 Å². The monoisotopic (exact) mass is 251 g/mol. The molecule has 0 spiro atoms. The van der Waals surface area contributed by atoms with Crippen molar-refractivity contribution in [3.8, 4) is 0 Å². The minimum Gasteiger partial charge on any atom is -0.390 e. The van der Waals surface area contributed by atoms with Crippen molar-refractivity contribution in [3.05, 3.63) is 0 Å². The van der Waals surface area contributed by atoms with Gasteiger partial charge in [0.1, 0.15) is 0 Å². The molecule has 5 heteroatoms. The first-order chi connectivity index (χ1) is 7.56. The highest BCUT2D eigenvalue weighted by molar-refractivity contribution is 7.99. The van der Waals surface area contributed by atoms with Crippen LogP contribution in [-0.2, 0) is 9.47 Å². The molecule has 2 unspecified atom stereocenters. The van der Waals surface area contributed by atoms with Gasteiger partial charge in [-0.25, -0.2) is 0 Å². The number of hydrogen-bond acceptors (Lipinski definition) is 5. The maximum Gasteiger partial charge on any atom is 0.0863 e. The summed E-state index contributed by atoms with van der Waals surface area (Å²) in [5.41, 5.74) is 0. The summed E-state index contributed by atoms with van der Waals surface area (Å²) in [5.74, 6) is 1.77. The maximum absolute atomic E-state index is 9.63. The van der Waals surface area contributed by atoms with Crippen molar-refractivity contribution in [1.29, 1.82) is 0 Å². The van der Waals surface area contributed by atoms with E-state index in [4.69, 9.17) is 9.47 Å². The van der Waals surface area contributed by atoms with Crippen LogP contribution in [0.15, 0.2) is 0 Å². The Morgan fingerprint density at radius 3 is 2.56 bits per heavy atom. The molecule has 0 saturated heterocycles. The first-order valence-corrected chi connectivity index (χ1v) is 6.72. The number of nitrogens with zero attached hydrogens (tertiary/aromatic N) is 1. The van der Waals surface area contributed by atoms with Gasteiger partial charge in [0.15, 0.2) is 0 Å². The van der Waals surface area contributed by atoms with Crippen LogP contribution >= 0.6 is 11.8 Å². The van der Waals surface area contributed by atoms with E-state index in [1.165, 1.54) is 0 Å². The van der Waals surface area contributed by atoms with E-state index in [0.717, 1.165) is 18.1 Å². The van der Waals surface area contributed by atoms with E-state index in [1.54, 1.807) is 18.9 Å². The number of thioether (sulfide) groups is 1. The lowest BCUT2D eigenvalue weighted by atomic mass is 10.4. The van der Waals surface area contributed by atoms with Gasteiger partial charge in [-0.15, -0.1) is 0 Å². The summed E-state index contributed by atoms with van der Waals surface area (Å²) in [4.78, 5) is 2.14. The van der Waals surface area contributed by atoms with Crippen LogP contribution in [0, 0.1) is 0 Å². The lowest BCUT2D eigenvalue weighted by Crippen LogP contribution is -2.25. The highest BCUT2D eigenvalue weighted by atomic mass is 32.2.